The molecule has 1 fully saturated rings. The highest BCUT2D eigenvalue weighted by molar-refractivity contribution is 8.00. The molecule has 1 N–H and O–H groups in total. The maximum atomic E-state index is 9.00. The summed E-state index contributed by atoms with van der Waals surface area (Å²) in [5, 5.41) is 9.00. The SMILES string of the molecule is Oc1ccc(OC2CSC2)cc1. The predicted octanol–water partition coefficient (Wildman–Crippen LogP) is 1.89. The van der Waals surface area contributed by atoms with E-state index in [1.165, 1.54) is 0 Å². The van der Waals surface area contributed by atoms with Crippen molar-refractivity contribution < 1.29 is 9.84 Å². The molecular weight excluding hydrogens is 172 g/mol. The molecule has 64 valence electrons. The Morgan fingerprint density at radius 2 is 1.92 bits per heavy atom. The molecule has 1 aliphatic rings. The number of benzene rings is 1. The van der Waals surface area contributed by atoms with Crippen LogP contribution < -0.4 is 4.74 Å². The molecule has 1 aromatic rings. The van der Waals surface area contributed by atoms with Gasteiger partial charge in [0.2, 0.25) is 0 Å². The van der Waals surface area contributed by atoms with Crippen molar-refractivity contribution in [3.8, 4) is 11.5 Å². The van der Waals surface area contributed by atoms with Crippen LogP contribution in [0.1, 0.15) is 0 Å². The Balaban J connectivity index is 1.98. The first-order valence-electron chi connectivity index (χ1n) is 3.88. The first kappa shape index (κ1) is 7.80. The van der Waals surface area contributed by atoms with Crippen LogP contribution in [0, 0.1) is 0 Å². The molecule has 0 aliphatic carbocycles. The van der Waals surface area contributed by atoms with Gasteiger partial charge in [0, 0.05) is 11.5 Å². The molecule has 0 spiro atoms. The van der Waals surface area contributed by atoms with Gasteiger partial charge in [0.1, 0.15) is 17.6 Å². The second-order valence-corrected chi connectivity index (χ2v) is 3.85. The number of thioether (sulfide) groups is 1. The van der Waals surface area contributed by atoms with E-state index in [0.29, 0.717) is 6.10 Å². The van der Waals surface area contributed by atoms with Gasteiger partial charge in [-0.2, -0.15) is 11.8 Å². The zero-order valence-corrected chi connectivity index (χ0v) is 7.38. The second kappa shape index (κ2) is 3.27. The lowest BCUT2D eigenvalue weighted by atomic mass is 10.3. The average Bonchev–Trinajstić information content (AvgIpc) is 2.00. The Labute approximate surface area is 75.6 Å². The minimum atomic E-state index is 0.283. The van der Waals surface area contributed by atoms with Gasteiger partial charge in [0.15, 0.2) is 0 Å². The Kier molecular flexibility index (Phi) is 2.13. The van der Waals surface area contributed by atoms with E-state index in [1.54, 1.807) is 24.3 Å². The van der Waals surface area contributed by atoms with Crippen molar-refractivity contribution in [3.63, 3.8) is 0 Å². The third-order valence-electron chi connectivity index (χ3n) is 1.75. The van der Waals surface area contributed by atoms with Gasteiger partial charge in [-0.05, 0) is 24.3 Å². The van der Waals surface area contributed by atoms with Crippen LogP contribution in [-0.2, 0) is 0 Å². The number of phenolic OH excluding ortho intramolecular Hbond substituents is 1. The van der Waals surface area contributed by atoms with Crippen molar-refractivity contribution in [3.05, 3.63) is 24.3 Å². The third kappa shape index (κ3) is 1.67. The highest BCUT2D eigenvalue weighted by Gasteiger charge is 2.19. The lowest BCUT2D eigenvalue weighted by Crippen LogP contribution is -2.30. The largest absolute Gasteiger partial charge is 0.508 e. The van der Waals surface area contributed by atoms with Crippen molar-refractivity contribution in [1.82, 2.24) is 0 Å². The van der Waals surface area contributed by atoms with E-state index in [-0.39, 0.29) is 5.75 Å². The minimum absolute atomic E-state index is 0.283. The Hall–Kier alpha value is -0.830. The van der Waals surface area contributed by atoms with Crippen LogP contribution in [0.3, 0.4) is 0 Å². The topological polar surface area (TPSA) is 29.5 Å². The molecule has 1 aromatic carbocycles. The van der Waals surface area contributed by atoms with E-state index >= 15 is 0 Å². The van der Waals surface area contributed by atoms with Gasteiger partial charge in [0.05, 0.1) is 0 Å². The van der Waals surface area contributed by atoms with Gasteiger partial charge >= 0.3 is 0 Å². The van der Waals surface area contributed by atoms with Crippen LogP contribution in [0.2, 0.25) is 0 Å². The maximum absolute atomic E-state index is 9.00. The minimum Gasteiger partial charge on any atom is -0.508 e. The second-order valence-electron chi connectivity index (χ2n) is 2.77. The fraction of sp³-hybridized carbons (Fsp3) is 0.333. The Bertz CT molecular complexity index is 254. The molecule has 12 heavy (non-hydrogen) atoms. The molecule has 0 atom stereocenters. The summed E-state index contributed by atoms with van der Waals surface area (Å²) in [7, 11) is 0. The van der Waals surface area contributed by atoms with Crippen molar-refractivity contribution in [2.75, 3.05) is 11.5 Å². The van der Waals surface area contributed by atoms with Crippen LogP contribution in [0.5, 0.6) is 11.5 Å². The van der Waals surface area contributed by atoms with Gasteiger partial charge in [-0.1, -0.05) is 0 Å². The van der Waals surface area contributed by atoms with E-state index in [1.807, 2.05) is 11.8 Å². The molecular formula is C9H10O2S. The number of ether oxygens (including phenoxy) is 1. The number of phenols is 1. The molecule has 1 saturated heterocycles. The van der Waals surface area contributed by atoms with E-state index in [4.69, 9.17) is 9.84 Å². The van der Waals surface area contributed by atoms with Crippen molar-refractivity contribution in [2.45, 2.75) is 6.10 Å². The summed E-state index contributed by atoms with van der Waals surface area (Å²) in [6.45, 7) is 0. The molecule has 3 heteroatoms. The van der Waals surface area contributed by atoms with Crippen molar-refractivity contribution in [2.24, 2.45) is 0 Å². The highest BCUT2D eigenvalue weighted by atomic mass is 32.2. The molecule has 0 unspecified atom stereocenters. The van der Waals surface area contributed by atoms with Crippen LogP contribution >= 0.6 is 11.8 Å². The van der Waals surface area contributed by atoms with Gasteiger partial charge in [-0.15, -0.1) is 0 Å². The van der Waals surface area contributed by atoms with Crippen molar-refractivity contribution >= 4 is 11.8 Å². The van der Waals surface area contributed by atoms with Crippen LogP contribution in [-0.4, -0.2) is 22.7 Å². The number of hydrogen-bond acceptors (Lipinski definition) is 3. The standard InChI is InChI=1S/C9H10O2S/c10-7-1-3-8(4-2-7)11-9-5-12-6-9/h1-4,9-10H,5-6H2. The van der Waals surface area contributed by atoms with E-state index in [2.05, 4.69) is 0 Å². The maximum Gasteiger partial charge on any atom is 0.120 e. The van der Waals surface area contributed by atoms with E-state index < -0.39 is 0 Å². The van der Waals surface area contributed by atoms with Crippen molar-refractivity contribution in [1.29, 1.82) is 0 Å². The Morgan fingerprint density at radius 1 is 1.25 bits per heavy atom. The number of aromatic hydroxyl groups is 1. The zero-order chi connectivity index (χ0) is 8.39. The zero-order valence-electron chi connectivity index (χ0n) is 6.56. The van der Waals surface area contributed by atoms with Crippen LogP contribution in [0.4, 0.5) is 0 Å². The van der Waals surface area contributed by atoms with Crippen LogP contribution in [0.25, 0.3) is 0 Å². The molecule has 0 saturated carbocycles. The Morgan fingerprint density at radius 3 is 2.42 bits per heavy atom. The molecule has 0 bridgehead atoms. The van der Waals surface area contributed by atoms with Gasteiger partial charge in [-0.25, -0.2) is 0 Å². The van der Waals surface area contributed by atoms with E-state index in [9.17, 15) is 0 Å². The smallest absolute Gasteiger partial charge is 0.120 e. The van der Waals surface area contributed by atoms with E-state index in [0.717, 1.165) is 17.3 Å². The van der Waals surface area contributed by atoms with Crippen LogP contribution in [0.15, 0.2) is 24.3 Å². The lowest BCUT2D eigenvalue weighted by Gasteiger charge is -2.25. The average molecular weight is 182 g/mol. The lowest BCUT2D eigenvalue weighted by molar-refractivity contribution is 0.240. The summed E-state index contributed by atoms with van der Waals surface area (Å²) >= 11 is 1.89. The molecule has 1 aliphatic heterocycles. The normalized spacial score (nSPS) is 17.0. The molecule has 2 rings (SSSR count). The van der Waals surface area contributed by atoms with Gasteiger partial charge < -0.3 is 9.84 Å². The number of hydrogen-bond donors (Lipinski definition) is 1. The molecule has 1 heterocycles. The highest BCUT2D eigenvalue weighted by Crippen LogP contribution is 2.24. The summed E-state index contributed by atoms with van der Waals surface area (Å²) < 4.78 is 5.57. The first-order chi connectivity index (χ1) is 5.84. The number of rotatable bonds is 2. The quantitative estimate of drug-likeness (QED) is 0.757. The van der Waals surface area contributed by atoms with Gasteiger partial charge in [0.25, 0.3) is 0 Å². The third-order valence-corrected chi connectivity index (χ3v) is 2.96. The molecule has 0 aromatic heterocycles. The monoisotopic (exact) mass is 182 g/mol. The predicted molar refractivity (Wildman–Crippen MR) is 49.8 cm³/mol. The van der Waals surface area contributed by atoms with Gasteiger partial charge in [-0.3, -0.25) is 0 Å². The summed E-state index contributed by atoms with van der Waals surface area (Å²) in [5.74, 6) is 3.30. The fourth-order valence-electron chi connectivity index (χ4n) is 0.999. The molecule has 0 amide bonds. The summed E-state index contributed by atoms with van der Waals surface area (Å²) in [6.07, 6.45) is 0.375. The summed E-state index contributed by atoms with van der Waals surface area (Å²) in [5.41, 5.74) is 0. The molecule has 2 nitrogen and oxygen atoms in total. The molecule has 0 radical (unpaired) electrons. The fourth-order valence-corrected chi connectivity index (χ4v) is 1.56. The summed E-state index contributed by atoms with van der Waals surface area (Å²) in [4.78, 5) is 0. The summed E-state index contributed by atoms with van der Waals surface area (Å²) in [6, 6.07) is 6.86. The first-order valence-corrected chi connectivity index (χ1v) is 5.03.